The van der Waals surface area contributed by atoms with Crippen LogP contribution in [0.15, 0.2) is 41.3 Å². The van der Waals surface area contributed by atoms with E-state index >= 15 is 0 Å². The quantitative estimate of drug-likeness (QED) is 0.837. The van der Waals surface area contributed by atoms with Gasteiger partial charge in [0, 0.05) is 35.7 Å². The number of amides is 1. The highest BCUT2D eigenvalue weighted by Gasteiger charge is 2.26. The molecule has 2 aromatic rings. The minimum atomic E-state index is -0.0606. The topological polar surface area (TPSA) is 68.2 Å². The zero-order valence-electron chi connectivity index (χ0n) is 11.9. The van der Waals surface area contributed by atoms with Gasteiger partial charge in [-0.2, -0.15) is 5.10 Å². The molecule has 22 heavy (non-hydrogen) atoms. The van der Waals surface area contributed by atoms with Crippen LogP contribution in [0.25, 0.3) is 0 Å². The first-order valence-electron chi connectivity index (χ1n) is 7.06. The van der Waals surface area contributed by atoms with E-state index < -0.39 is 0 Å². The van der Waals surface area contributed by atoms with Gasteiger partial charge in [-0.1, -0.05) is 0 Å². The maximum absolute atomic E-state index is 12.5. The molecule has 1 unspecified atom stereocenters. The number of likely N-dealkylation sites (tertiary alicyclic amines) is 1. The predicted octanol–water partition coefficient (Wildman–Crippen LogP) is 2.32. The van der Waals surface area contributed by atoms with Gasteiger partial charge in [-0.15, -0.1) is 5.10 Å². The Balaban J connectivity index is 1.66. The Labute approximate surface area is 136 Å². The zero-order chi connectivity index (χ0) is 15.4. The molecule has 3 heterocycles. The molecule has 114 valence electrons. The van der Waals surface area contributed by atoms with Gasteiger partial charge in [-0.3, -0.25) is 9.78 Å². The fraction of sp³-hybridized carbons (Fsp3) is 0.333. The Morgan fingerprint density at radius 2 is 2.32 bits per heavy atom. The highest BCUT2D eigenvalue weighted by atomic mass is 79.9. The van der Waals surface area contributed by atoms with E-state index in [2.05, 4.69) is 31.1 Å². The van der Waals surface area contributed by atoms with Gasteiger partial charge in [-0.05, 0) is 40.9 Å². The van der Waals surface area contributed by atoms with Crippen LogP contribution in [0.4, 0.5) is 0 Å². The number of carbonyl (C=O) groups excluding carboxylic acids is 1. The lowest BCUT2D eigenvalue weighted by Crippen LogP contribution is -2.44. The Morgan fingerprint density at radius 1 is 1.41 bits per heavy atom. The van der Waals surface area contributed by atoms with E-state index in [4.69, 9.17) is 4.74 Å². The van der Waals surface area contributed by atoms with Crippen molar-refractivity contribution in [3.63, 3.8) is 0 Å². The molecule has 0 radical (unpaired) electrons. The monoisotopic (exact) mass is 362 g/mol. The number of rotatable bonds is 3. The summed E-state index contributed by atoms with van der Waals surface area (Å²) < 4.78 is 6.60. The number of aromatic nitrogens is 3. The zero-order valence-corrected chi connectivity index (χ0v) is 13.4. The molecule has 0 spiro atoms. The van der Waals surface area contributed by atoms with Crippen molar-refractivity contribution in [3.05, 3.63) is 46.8 Å². The van der Waals surface area contributed by atoms with E-state index in [9.17, 15) is 4.79 Å². The van der Waals surface area contributed by atoms with Crippen molar-refractivity contribution in [3.8, 4) is 5.88 Å². The molecule has 6 nitrogen and oxygen atoms in total. The summed E-state index contributed by atoms with van der Waals surface area (Å²) in [7, 11) is 0. The largest absolute Gasteiger partial charge is 0.471 e. The third-order valence-electron chi connectivity index (χ3n) is 3.45. The normalized spacial score (nSPS) is 18.0. The average molecular weight is 363 g/mol. The van der Waals surface area contributed by atoms with Crippen molar-refractivity contribution >= 4 is 21.8 Å². The highest BCUT2D eigenvalue weighted by molar-refractivity contribution is 9.10. The fourth-order valence-corrected chi connectivity index (χ4v) is 2.82. The van der Waals surface area contributed by atoms with Crippen molar-refractivity contribution in [2.45, 2.75) is 18.9 Å². The molecule has 1 saturated heterocycles. The summed E-state index contributed by atoms with van der Waals surface area (Å²) in [4.78, 5) is 18.4. The van der Waals surface area contributed by atoms with Crippen LogP contribution in [-0.2, 0) is 0 Å². The van der Waals surface area contributed by atoms with E-state index in [1.165, 1.54) is 0 Å². The summed E-state index contributed by atoms with van der Waals surface area (Å²) in [6.07, 6.45) is 6.58. The summed E-state index contributed by atoms with van der Waals surface area (Å²) in [5.74, 6) is 0.465. The molecule has 0 aromatic carbocycles. The second kappa shape index (κ2) is 6.83. The Morgan fingerprint density at radius 3 is 3.09 bits per heavy atom. The first-order valence-corrected chi connectivity index (χ1v) is 7.86. The summed E-state index contributed by atoms with van der Waals surface area (Å²) in [5.41, 5.74) is 0.578. The van der Waals surface area contributed by atoms with E-state index in [1.54, 1.807) is 41.7 Å². The summed E-state index contributed by atoms with van der Waals surface area (Å²) in [6.45, 7) is 1.27. The number of nitrogens with zero attached hydrogens (tertiary/aromatic N) is 4. The van der Waals surface area contributed by atoms with Gasteiger partial charge in [0.25, 0.3) is 5.91 Å². The van der Waals surface area contributed by atoms with Gasteiger partial charge in [-0.25, -0.2) is 0 Å². The first kappa shape index (κ1) is 14.9. The predicted molar refractivity (Wildman–Crippen MR) is 83.5 cm³/mol. The maximum atomic E-state index is 12.5. The fourth-order valence-electron chi connectivity index (χ4n) is 2.45. The number of piperidine rings is 1. The van der Waals surface area contributed by atoms with Crippen LogP contribution >= 0.6 is 15.9 Å². The summed E-state index contributed by atoms with van der Waals surface area (Å²) in [6, 6.07) is 5.33. The molecule has 7 heteroatoms. The van der Waals surface area contributed by atoms with Crippen molar-refractivity contribution in [2.24, 2.45) is 0 Å². The van der Waals surface area contributed by atoms with Crippen molar-refractivity contribution < 1.29 is 9.53 Å². The third kappa shape index (κ3) is 3.59. The molecule has 3 rings (SSSR count). The summed E-state index contributed by atoms with van der Waals surface area (Å²) in [5, 5.41) is 7.71. The molecule has 1 atom stereocenters. The maximum Gasteiger partial charge on any atom is 0.255 e. The lowest BCUT2D eigenvalue weighted by molar-refractivity contribution is 0.0525. The number of hydrogen-bond donors (Lipinski definition) is 0. The van der Waals surface area contributed by atoms with Crippen molar-refractivity contribution in [1.82, 2.24) is 20.1 Å². The second-order valence-electron chi connectivity index (χ2n) is 5.09. The molecule has 1 amide bonds. The molecule has 1 aliphatic heterocycles. The van der Waals surface area contributed by atoms with Crippen LogP contribution in [-0.4, -0.2) is 45.2 Å². The molecular weight excluding hydrogens is 348 g/mol. The Kier molecular flexibility index (Phi) is 4.62. The van der Waals surface area contributed by atoms with Crippen molar-refractivity contribution in [1.29, 1.82) is 0 Å². The first-order chi connectivity index (χ1) is 10.7. The molecule has 0 saturated carbocycles. The second-order valence-corrected chi connectivity index (χ2v) is 6.00. The van der Waals surface area contributed by atoms with Gasteiger partial charge in [0.1, 0.15) is 6.10 Å². The number of hydrogen-bond acceptors (Lipinski definition) is 5. The average Bonchev–Trinajstić information content (AvgIpc) is 2.55. The van der Waals surface area contributed by atoms with Crippen LogP contribution < -0.4 is 4.74 Å². The molecule has 1 fully saturated rings. The van der Waals surface area contributed by atoms with Crippen LogP contribution in [0.5, 0.6) is 5.88 Å². The smallest absolute Gasteiger partial charge is 0.255 e. The van der Waals surface area contributed by atoms with Gasteiger partial charge in [0.15, 0.2) is 0 Å². The van der Waals surface area contributed by atoms with E-state index in [0.717, 1.165) is 23.9 Å². The van der Waals surface area contributed by atoms with Gasteiger partial charge in [0.05, 0.1) is 12.1 Å². The van der Waals surface area contributed by atoms with Crippen molar-refractivity contribution in [2.75, 3.05) is 13.1 Å². The third-order valence-corrected chi connectivity index (χ3v) is 3.89. The minimum absolute atomic E-state index is 0.0266. The van der Waals surface area contributed by atoms with E-state index in [0.29, 0.717) is 18.0 Å². The molecule has 0 aliphatic carbocycles. The van der Waals surface area contributed by atoms with Crippen LogP contribution in [0.1, 0.15) is 23.2 Å². The van der Waals surface area contributed by atoms with Crippen LogP contribution in [0.2, 0.25) is 0 Å². The molecule has 0 bridgehead atoms. The van der Waals surface area contributed by atoms with Gasteiger partial charge < -0.3 is 9.64 Å². The molecule has 0 N–H and O–H groups in total. The lowest BCUT2D eigenvalue weighted by Gasteiger charge is -2.32. The molecule has 2 aromatic heterocycles. The minimum Gasteiger partial charge on any atom is -0.471 e. The standard InChI is InChI=1S/C15H15BrN4O2/c16-12-7-11(8-17-9-12)15(21)20-6-2-3-13(10-20)22-14-4-1-5-18-19-14/h1,4-5,7-9,13H,2-3,6,10H2. The number of carbonyl (C=O) groups is 1. The van der Waals surface area contributed by atoms with Crippen LogP contribution in [0.3, 0.4) is 0 Å². The summed E-state index contributed by atoms with van der Waals surface area (Å²) >= 11 is 3.34. The van der Waals surface area contributed by atoms with E-state index in [1.807, 2.05) is 0 Å². The number of ether oxygens (including phenoxy) is 1. The highest BCUT2D eigenvalue weighted by Crippen LogP contribution is 2.19. The number of pyridine rings is 1. The number of halogens is 1. The van der Waals surface area contributed by atoms with Gasteiger partial charge >= 0.3 is 0 Å². The SMILES string of the molecule is O=C(c1cncc(Br)c1)N1CCCC(Oc2cccnn2)C1. The lowest BCUT2D eigenvalue weighted by atomic mass is 10.1. The molecular formula is C15H15BrN4O2. The van der Waals surface area contributed by atoms with Gasteiger partial charge in [0.2, 0.25) is 5.88 Å². The Hall–Kier alpha value is -2.02. The van der Waals surface area contributed by atoms with E-state index in [-0.39, 0.29) is 12.0 Å². The van der Waals surface area contributed by atoms with Crippen LogP contribution in [0, 0.1) is 0 Å². The molecule has 1 aliphatic rings. The Bertz CT molecular complexity index is 653.